The van der Waals surface area contributed by atoms with Crippen molar-refractivity contribution < 1.29 is 17.9 Å². The molecule has 0 aliphatic carbocycles. The van der Waals surface area contributed by atoms with E-state index in [1.54, 1.807) is 12.1 Å². The molecule has 0 fully saturated rings. The van der Waals surface area contributed by atoms with Gasteiger partial charge in [-0.05, 0) is 42.9 Å². The number of ether oxygens (including phenoxy) is 1. The van der Waals surface area contributed by atoms with Gasteiger partial charge in [-0.2, -0.15) is 14.0 Å². The number of hydrogen-bond donors (Lipinski definition) is 0. The fourth-order valence-corrected chi connectivity index (χ4v) is 2.20. The monoisotopic (exact) mass is 320 g/mol. The second-order valence-electron chi connectivity index (χ2n) is 5.11. The van der Waals surface area contributed by atoms with Gasteiger partial charge in [0.05, 0.1) is 11.6 Å². The van der Waals surface area contributed by atoms with Crippen molar-refractivity contribution in [1.29, 1.82) is 5.26 Å². The maximum absolute atomic E-state index is 13.8. The van der Waals surface area contributed by atoms with Gasteiger partial charge in [0.2, 0.25) is 0 Å². The summed E-state index contributed by atoms with van der Waals surface area (Å²) < 4.78 is 42.2. The summed E-state index contributed by atoms with van der Waals surface area (Å²) in [6.45, 7) is -2.01. The van der Waals surface area contributed by atoms with E-state index in [1.807, 2.05) is 18.0 Å². The van der Waals surface area contributed by atoms with Gasteiger partial charge in [0.15, 0.2) is 0 Å². The van der Waals surface area contributed by atoms with Crippen LogP contribution >= 0.6 is 0 Å². The molecule has 0 aliphatic heterocycles. The molecule has 23 heavy (non-hydrogen) atoms. The van der Waals surface area contributed by atoms with E-state index in [0.717, 1.165) is 5.56 Å². The van der Waals surface area contributed by atoms with Gasteiger partial charge in [0.25, 0.3) is 0 Å². The molecule has 0 N–H and O–H groups in total. The fourth-order valence-electron chi connectivity index (χ4n) is 2.20. The smallest absolute Gasteiger partial charge is 0.387 e. The molecule has 0 saturated carbocycles. The summed E-state index contributed by atoms with van der Waals surface area (Å²) in [6, 6.07) is 12.5. The van der Waals surface area contributed by atoms with Crippen LogP contribution < -0.4 is 4.74 Å². The number of nitriles is 1. The van der Waals surface area contributed by atoms with E-state index in [-0.39, 0.29) is 11.6 Å². The third kappa shape index (κ3) is 5.01. The highest BCUT2D eigenvalue weighted by atomic mass is 19.3. The second-order valence-corrected chi connectivity index (χ2v) is 5.11. The zero-order valence-corrected chi connectivity index (χ0v) is 12.5. The Balaban J connectivity index is 1.99. The van der Waals surface area contributed by atoms with E-state index in [9.17, 15) is 13.2 Å². The number of benzene rings is 2. The number of rotatable bonds is 6. The molecule has 0 aliphatic rings. The van der Waals surface area contributed by atoms with E-state index < -0.39 is 6.61 Å². The van der Waals surface area contributed by atoms with Crippen molar-refractivity contribution in [2.24, 2.45) is 0 Å². The largest absolute Gasteiger partial charge is 0.435 e. The maximum Gasteiger partial charge on any atom is 0.387 e. The third-order valence-electron chi connectivity index (χ3n) is 3.22. The predicted molar refractivity (Wildman–Crippen MR) is 79.4 cm³/mol. The molecular formula is C17H15F3N2O. The first-order chi connectivity index (χ1) is 11.0. The summed E-state index contributed by atoms with van der Waals surface area (Å²) in [7, 11) is 1.81. The molecule has 2 aromatic rings. The molecule has 0 aromatic heterocycles. The van der Waals surface area contributed by atoms with Crippen LogP contribution in [0.4, 0.5) is 13.2 Å². The molecule has 0 atom stereocenters. The lowest BCUT2D eigenvalue weighted by molar-refractivity contribution is -0.0498. The van der Waals surface area contributed by atoms with Gasteiger partial charge in [-0.15, -0.1) is 0 Å². The Morgan fingerprint density at radius 3 is 2.43 bits per heavy atom. The van der Waals surface area contributed by atoms with E-state index in [2.05, 4.69) is 4.74 Å². The SMILES string of the molecule is CN(Cc1ccc(OC(F)F)cc1)Cc1cc(C#N)ccc1F. The normalized spacial score (nSPS) is 10.8. The van der Waals surface area contributed by atoms with Gasteiger partial charge in [-0.1, -0.05) is 12.1 Å². The predicted octanol–water partition coefficient (Wildman–Crippen LogP) is 3.93. The molecule has 0 amide bonds. The minimum Gasteiger partial charge on any atom is -0.435 e. The summed E-state index contributed by atoms with van der Waals surface area (Å²) in [6.07, 6.45) is 0. The van der Waals surface area contributed by atoms with E-state index in [1.165, 1.54) is 30.3 Å². The zero-order valence-electron chi connectivity index (χ0n) is 12.5. The topological polar surface area (TPSA) is 36.3 Å². The summed E-state index contributed by atoms with van der Waals surface area (Å²) >= 11 is 0. The first-order valence-electron chi connectivity index (χ1n) is 6.89. The lowest BCUT2D eigenvalue weighted by Crippen LogP contribution is -2.18. The first-order valence-corrected chi connectivity index (χ1v) is 6.89. The molecule has 0 unspecified atom stereocenters. The highest BCUT2D eigenvalue weighted by molar-refractivity contribution is 5.34. The third-order valence-corrected chi connectivity index (χ3v) is 3.22. The van der Waals surface area contributed by atoms with E-state index >= 15 is 0 Å². The molecule has 0 heterocycles. The number of halogens is 3. The molecule has 0 radical (unpaired) electrons. The standard InChI is InChI=1S/C17H15F3N2O/c1-22(11-14-8-13(9-21)4-7-16(14)18)10-12-2-5-15(6-3-12)23-17(19)20/h2-8,17H,10-11H2,1H3. The fraction of sp³-hybridized carbons (Fsp3) is 0.235. The minimum atomic E-state index is -2.85. The molecule has 3 nitrogen and oxygen atoms in total. The van der Waals surface area contributed by atoms with Crippen molar-refractivity contribution in [2.75, 3.05) is 7.05 Å². The van der Waals surface area contributed by atoms with Gasteiger partial charge in [0, 0.05) is 18.7 Å². The van der Waals surface area contributed by atoms with E-state index in [0.29, 0.717) is 24.2 Å². The van der Waals surface area contributed by atoms with Gasteiger partial charge in [-0.3, -0.25) is 4.90 Å². The maximum atomic E-state index is 13.8. The van der Waals surface area contributed by atoms with Crippen molar-refractivity contribution in [1.82, 2.24) is 4.90 Å². The quantitative estimate of drug-likeness (QED) is 0.809. The molecule has 6 heteroatoms. The Morgan fingerprint density at radius 1 is 1.13 bits per heavy atom. The number of alkyl halides is 2. The van der Waals surface area contributed by atoms with Crippen LogP contribution in [0, 0.1) is 17.1 Å². The Hall–Kier alpha value is -2.52. The van der Waals surface area contributed by atoms with E-state index in [4.69, 9.17) is 5.26 Å². The molecule has 2 rings (SSSR count). The van der Waals surface area contributed by atoms with Crippen molar-refractivity contribution in [3.05, 3.63) is 65.0 Å². The summed E-state index contributed by atoms with van der Waals surface area (Å²) in [5.41, 5.74) is 1.72. The molecule has 2 aromatic carbocycles. The van der Waals surface area contributed by atoms with Crippen LogP contribution in [0.2, 0.25) is 0 Å². The second kappa shape index (κ2) is 7.65. The zero-order chi connectivity index (χ0) is 16.8. The highest BCUT2D eigenvalue weighted by Crippen LogP contribution is 2.17. The van der Waals surface area contributed by atoms with Gasteiger partial charge in [0.1, 0.15) is 11.6 Å². The molecular weight excluding hydrogens is 305 g/mol. The van der Waals surface area contributed by atoms with Crippen LogP contribution in [-0.2, 0) is 13.1 Å². The van der Waals surface area contributed by atoms with Crippen molar-refractivity contribution >= 4 is 0 Å². The average molecular weight is 320 g/mol. The van der Waals surface area contributed by atoms with Crippen LogP contribution in [0.25, 0.3) is 0 Å². The van der Waals surface area contributed by atoms with Gasteiger partial charge < -0.3 is 4.74 Å². The van der Waals surface area contributed by atoms with Gasteiger partial charge >= 0.3 is 6.61 Å². The van der Waals surface area contributed by atoms with Crippen LogP contribution in [0.15, 0.2) is 42.5 Å². The lowest BCUT2D eigenvalue weighted by Gasteiger charge is -2.17. The molecule has 120 valence electrons. The summed E-state index contributed by atoms with van der Waals surface area (Å²) in [5.74, 6) is -0.268. The number of nitrogens with zero attached hydrogens (tertiary/aromatic N) is 2. The van der Waals surface area contributed by atoms with Crippen LogP contribution in [-0.4, -0.2) is 18.6 Å². The Bertz CT molecular complexity index is 696. The van der Waals surface area contributed by atoms with Crippen LogP contribution in [0.3, 0.4) is 0 Å². The molecule has 0 spiro atoms. The summed E-state index contributed by atoms with van der Waals surface area (Å²) in [4.78, 5) is 1.86. The Morgan fingerprint density at radius 2 is 1.83 bits per heavy atom. The van der Waals surface area contributed by atoms with Crippen LogP contribution in [0.1, 0.15) is 16.7 Å². The summed E-state index contributed by atoms with van der Waals surface area (Å²) in [5, 5.41) is 8.86. The van der Waals surface area contributed by atoms with Crippen molar-refractivity contribution in [3.8, 4) is 11.8 Å². The molecule has 0 saturated heterocycles. The van der Waals surface area contributed by atoms with Crippen molar-refractivity contribution in [3.63, 3.8) is 0 Å². The molecule has 0 bridgehead atoms. The lowest BCUT2D eigenvalue weighted by atomic mass is 10.1. The highest BCUT2D eigenvalue weighted by Gasteiger charge is 2.09. The Labute approximate surface area is 132 Å². The van der Waals surface area contributed by atoms with Gasteiger partial charge in [-0.25, -0.2) is 4.39 Å². The average Bonchev–Trinajstić information content (AvgIpc) is 2.51. The Kier molecular flexibility index (Phi) is 5.61. The minimum absolute atomic E-state index is 0.0965. The van der Waals surface area contributed by atoms with Crippen LogP contribution in [0.5, 0.6) is 5.75 Å². The first kappa shape index (κ1) is 16.8. The number of hydrogen-bond acceptors (Lipinski definition) is 3. The van der Waals surface area contributed by atoms with Crippen molar-refractivity contribution in [2.45, 2.75) is 19.7 Å².